The van der Waals surface area contributed by atoms with E-state index in [-0.39, 0.29) is 0 Å². The molecule has 0 amide bonds. The van der Waals surface area contributed by atoms with Crippen molar-refractivity contribution in [2.24, 2.45) is 0 Å². The van der Waals surface area contributed by atoms with Crippen molar-refractivity contribution in [3.63, 3.8) is 0 Å². The fourth-order valence-corrected chi connectivity index (χ4v) is 1.21. The van der Waals surface area contributed by atoms with Crippen molar-refractivity contribution in [1.82, 2.24) is 4.31 Å². The maximum Gasteiger partial charge on any atom is 0.158 e. The fourth-order valence-electron chi connectivity index (χ4n) is 0.522. The van der Waals surface area contributed by atoms with Gasteiger partial charge >= 0.3 is 0 Å². The van der Waals surface area contributed by atoms with Gasteiger partial charge < -0.3 is 0 Å². The first kappa shape index (κ1) is 5.12. The van der Waals surface area contributed by atoms with Crippen LogP contribution in [0.3, 0.4) is 0 Å². The van der Waals surface area contributed by atoms with Crippen LogP contribution in [0.25, 0.3) is 0 Å². The lowest BCUT2D eigenvalue weighted by Crippen LogP contribution is -2.08. The minimum absolute atomic E-state index is 0.340. The van der Waals surface area contributed by atoms with Crippen LogP contribution >= 0.6 is 11.9 Å². The molecule has 0 bridgehead atoms. The minimum atomic E-state index is 0.340. The molecule has 0 unspecified atom stereocenters. The van der Waals surface area contributed by atoms with E-state index in [4.69, 9.17) is 0 Å². The second-order valence-electron chi connectivity index (χ2n) is 1.60. The summed E-state index contributed by atoms with van der Waals surface area (Å²) < 4.78 is 1.95. The average Bonchev–Trinajstić information content (AvgIpc) is 1.87. The predicted molar refractivity (Wildman–Crippen MR) is 30.1 cm³/mol. The van der Waals surface area contributed by atoms with Crippen molar-refractivity contribution < 1.29 is 4.79 Å². The van der Waals surface area contributed by atoms with Gasteiger partial charge in [0, 0.05) is 0 Å². The molecule has 1 aliphatic heterocycles. The quantitative estimate of drug-likeness (QED) is 0.421. The summed E-state index contributed by atoms with van der Waals surface area (Å²) in [5.74, 6) is 1.02. The molecule has 1 rings (SSSR count). The monoisotopic (exact) mass is 117 g/mol. The summed E-state index contributed by atoms with van der Waals surface area (Å²) in [7, 11) is 1.93. The van der Waals surface area contributed by atoms with Gasteiger partial charge in [0.05, 0.1) is 12.3 Å². The smallest absolute Gasteiger partial charge is 0.158 e. The normalized spacial score (nSPS) is 23.9. The van der Waals surface area contributed by atoms with Crippen molar-refractivity contribution in [3.8, 4) is 0 Å². The number of likely N-dealkylation sites (N-methyl/N-ethyl adjacent to an activating group) is 1. The van der Waals surface area contributed by atoms with Crippen LogP contribution in [0.4, 0.5) is 0 Å². The van der Waals surface area contributed by atoms with Gasteiger partial charge in [0.15, 0.2) is 5.78 Å². The van der Waals surface area contributed by atoms with Crippen LogP contribution in [0, 0.1) is 0 Å². The molecule has 7 heavy (non-hydrogen) atoms. The molecule has 0 radical (unpaired) electrons. The lowest BCUT2D eigenvalue weighted by Gasteiger charge is -1.98. The van der Waals surface area contributed by atoms with Crippen LogP contribution in [-0.4, -0.2) is 29.4 Å². The Balaban J connectivity index is 2.40. The number of Topliss-reactive ketones (excluding diaryl/α,β-unsaturated/α-hetero) is 1. The van der Waals surface area contributed by atoms with Gasteiger partial charge in [-0.05, 0) is 7.05 Å². The van der Waals surface area contributed by atoms with E-state index in [0.29, 0.717) is 18.1 Å². The number of carbonyl (C=O) groups excluding carboxylic acids is 1. The van der Waals surface area contributed by atoms with E-state index in [1.54, 1.807) is 11.9 Å². The summed E-state index contributed by atoms with van der Waals surface area (Å²) in [5.41, 5.74) is 0. The average molecular weight is 117 g/mol. The molecule has 1 aliphatic rings. The maximum absolute atomic E-state index is 10.4. The summed E-state index contributed by atoms with van der Waals surface area (Å²) in [6.07, 6.45) is 0. The fraction of sp³-hybridized carbons (Fsp3) is 0.750. The number of ketones is 1. The van der Waals surface area contributed by atoms with E-state index < -0.39 is 0 Å². The molecule has 0 saturated carbocycles. The molecule has 1 fully saturated rings. The van der Waals surface area contributed by atoms with Crippen LogP contribution in [-0.2, 0) is 4.79 Å². The van der Waals surface area contributed by atoms with E-state index in [1.165, 1.54) is 0 Å². The zero-order valence-electron chi connectivity index (χ0n) is 4.18. The molecule has 0 aromatic rings. The third kappa shape index (κ3) is 1.17. The molecular formula is C4H7NOS. The predicted octanol–water partition coefficient (Wildman–Crippen LogP) is 0.149. The Hall–Kier alpha value is -0.0200. The highest BCUT2D eigenvalue weighted by Gasteiger charge is 2.14. The Morgan fingerprint density at radius 2 is 2.57 bits per heavy atom. The largest absolute Gasteiger partial charge is 0.297 e. The maximum atomic E-state index is 10.4. The summed E-state index contributed by atoms with van der Waals surface area (Å²) >= 11 is 1.59. The molecule has 0 N–H and O–H groups in total. The number of hydrogen-bond acceptors (Lipinski definition) is 3. The van der Waals surface area contributed by atoms with Crippen LogP contribution in [0.1, 0.15) is 0 Å². The van der Waals surface area contributed by atoms with E-state index in [0.717, 1.165) is 0 Å². The van der Waals surface area contributed by atoms with Crippen molar-refractivity contribution >= 4 is 17.7 Å². The molecule has 0 spiro atoms. The standard InChI is InChI=1S/C4H7NOS/c1-5-2-4(6)3-7-5/h2-3H2,1H3. The summed E-state index contributed by atoms with van der Waals surface area (Å²) in [4.78, 5) is 10.4. The number of rotatable bonds is 0. The molecule has 1 heterocycles. The molecular weight excluding hydrogens is 110 g/mol. The lowest BCUT2D eigenvalue weighted by molar-refractivity contribution is -0.115. The lowest BCUT2D eigenvalue weighted by atomic mass is 10.5. The van der Waals surface area contributed by atoms with E-state index in [9.17, 15) is 4.79 Å². The Morgan fingerprint density at radius 1 is 1.86 bits per heavy atom. The van der Waals surface area contributed by atoms with Crippen molar-refractivity contribution in [3.05, 3.63) is 0 Å². The summed E-state index contributed by atoms with van der Waals surface area (Å²) in [5, 5.41) is 0. The van der Waals surface area contributed by atoms with Crippen LogP contribution in [0.15, 0.2) is 0 Å². The minimum Gasteiger partial charge on any atom is -0.297 e. The third-order valence-electron chi connectivity index (χ3n) is 0.845. The Kier molecular flexibility index (Phi) is 1.35. The number of hydrogen-bond donors (Lipinski definition) is 0. The molecule has 2 nitrogen and oxygen atoms in total. The molecule has 0 atom stereocenters. The molecule has 1 saturated heterocycles. The van der Waals surface area contributed by atoms with Gasteiger partial charge in [-0.25, -0.2) is 4.31 Å². The first-order chi connectivity index (χ1) is 3.29. The molecule has 0 aliphatic carbocycles. The Bertz CT molecular complexity index is 93.7. The molecule has 3 heteroatoms. The number of nitrogens with zero attached hydrogens (tertiary/aromatic N) is 1. The van der Waals surface area contributed by atoms with Gasteiger partial charge in [0.25, 0.3) is 0 Å². The van der Waals surface area contributed by atoms with Gasteiger partial charge in [0.1, 0.15) is 0 Å². The topological polar surface area (TPSA) is 20.3 Å². The zero-order valence-corrected chi connectivity index (χ0v) is 4.99. The Labute approximate surface area is 47.0 Å². The van der Waals surface area contributed by atoms with Gasteiger partial charge in [-0.2, -0.15) is 0 Å². The van der Waals surface area contributed by atoms with Crippen LogP contribution in [0.5, 0.6) is 0 Å². The first-order valence-electron chi connectivity index (χ1n) is 2.15. The third-order valence-corrected chi connectivity index (χ3v) is 1.87. The van der Waals surface area contributed by atoms with Crippen molar-refractivity contribution in [1.29, 1.82) is 0 Å². The second-order valence-corrected chi connectivity index (χ2v) is 2.77. The van der Waals surface area contributed by atoms with Gasteiger partial charge in [-0.3, -0.25) is 4.79 Å². The second kappa shape index (κ2) is 1.84. The first-order valence-corrected chi connectivity index (χ1v) is 3.09. The summed E-state index contributed by atoms with van der Waals surface area (Å²) in [6.45, 7) is 0.630. The Morgan fingerprint density at radius 3 is 2.71 bits per heavy atom. The molecule has 0 aromatic heterocycles. The molecule has 0 aromatic carbocycles. The highest BCUT2D eigenvalue weighted by Crippen LogP contribution is 2.12. The van der Waals surface area contributed by atoms with Gasteiger partial charge in [0.2, 0.25) is 0 Å². The van der Waals surface area contributed by atoms with Crippen molar-refractivity contribution in [2.75, 3.05) is 19.3 Å². The van der Waals surface area contributed by atoms with Crippen LogP contribution in [0.2, 0.25) is 0 Å². The highest BCUT2D eigenvalue weighted by atomic mass is 32.2. The van der Waals surface area contributed by atoms with Crippen LogP contribution < -0.4 is 0 Å². The number of carbonyl (C=O) groups is 1. The highest BCUT2D eigenvalue weighted by molar-refractivity contribution is 7.98. The van der Waals surface area contributed by atoms with Gasteiger partial charge in [-0.1, -0.05) is 11.9 Å². The summed E-state index contributed by atoms with van der Waals surface area (Å²) in [6, 6.07) is 0. The van der Waals surface area contributed by atoms with E-state index in [2.05, 4.69) is 0 Å². The van der Waals surface area contributed by atoms with Crippen molar-refractivity contribution in [2.45, 2.75) is 0 Å². The van der Waals surface area contributed by atoms with E-state index >= 15 is 0 Å². The zero-order chi connectivity index (χ0) is 5.28. The van der Waals surface area contributed by atoms with Gasteiger partial charge in [-0.15, -0.1) is 0 Å². The van der Waals surface area contributed by atoms with E-state index in [1.807, 2.05) is 11.4 Å². The SMILES string of the molecule is CN1CC(=O)CS1. The molecule has 40 valence electrons.